The molecule has 318 valence electrons. The maximum Gasteiger partial charge on any atom is 0.307 e. The van der Waals surface area contributed by atoms with E-state index < -0.39 is 54.1 Å². The van der Waals surface area contributed by atoms with Gasteiger partial charge in [0.15, 0.2) is 5.78 Å². The van der Waals surface area contributed by atoms with E-state index in [4.69, 9.17) is 20.2 Å². The number of phenols is 1. The number of ketones is 2. The molecule has 56 heavy (non-hydrogen) atoms. The molecular formula is C42H70N4O10. The van der Waals surface area contributed by atoms with Gasteiger partial charge < -0.3 is 29.5 Å². The van der Waals surface area contributed by atoms with Gasteiger partial charge in [-0.1, -0.05) is 67.0 Å². The van der Waals surface area contributed by atoms with E-state index in [1.165, 1.54) is 26.4 Å². The monoisotopic (exact) mass is 791 g/mol. The molecule has 1 aromatic carbocycles. The summed E-state index contributed by atoms with van der Waals surface area (Å²) < 4.78 is 11.9. The van der Waals surface area contributed by atoms with Crippen molar-refractivity contribution in [2.45, 2.75) is 123 Å². The normalized spacial score (nSPS) is 20.3. The Balaban J connectivity index is 2.35. The second-order valence-corrected chi connectivity index (χ2v) is 16.6. The molecule has 0 aliphatic carbocycles. The molecule has 0 bridgehead atoms. The SMILES string of the molecule is CC[C@H](C)[C@@H]([C@@H](CC(=O)N1C[C@H](ON)C[C@H]1[C@H](OC)[C@@H](C)C(=O)C[C@@H](Cc1ccc(O)cc1)C(=O)O)OC)N(C)C(=O)[C@@H](CC(=O)[C@H](C(C)C)N(C)C)C(C)C. The Morgan fingerprint density at radius 2 is 1.50 bits per heavy atom. The van der Waals surface area contributed by atoms with E-state index >= 15 is 0 Å². The molecule has 1 saturated heterocycles. The van der Waals surface area contributed by atoms with E-state index in [0.717, 1.165) is 0 Å². The Bertz CT molecular complexity index is 1430. The van der Waals surface area contributed by atoms with Crippen LogP contribution in [0.2, 0.25) is 0 Å². The van der Waals surface area contributed by atoms with Crippen LogP contribution in [0.3, 0.4) is 0 Å². The van der Waals surface area contributed by atoms with Crippen LogP contribution in [0.1, 0.15) is 86.1 Å². The van der Waals surface area contributed by atoms with Crippen molar-refractivity contribution < 1.29 is 48.5 Å². The van der Waals surface area contributed by atoms with E-state index in [-0.39, 0.29) is 91.6 Å². The van der Waals surface area contributed by atoms with Crippen molar-refractivity contribution >= 4 is 29.4 Å². The van der Waals surface area contributed by atoms with Crippen LogP contribution in [-0.2, 0) is 44.7 Å². The van der Waals surface area contributed by atoms with Gasteiger partial charge in [-0.2, -0.15) is 0 Å². The number of hydrogen-bond donors (Lipinski definition) is 3. The smallest absolute Gasteiger partial charge is 0.307 e. The van der Waals surface area contributed by atoms with E-state index in [2.05, 4.69) is 0 Å². The van der Waals surface area contributed by atoms with Crippen LogP contribution in [0, 0.1) is 35.5 Å². The van der Waals surface area contributed by atoms with Crippen molar-refractivity contribution in [3.8, 4) is 5.75 Å². The van der Waals surface area contributed by atoms with Gasteiger partial charge >= 0.3 is 5.97 Å². The predicted molar refractivity (Wildman–Crippen MR) is 213 cm³/mol. The summed E-state index contributed by atoms with van der Waals surface area (Å²) in [6.45, 7) is 13.7. The number of aromatic hydroxyl groups is 1. The van der Waals surface area contributed by atoms with Gasteiger partial charge in [0.05, 0.1) is 48.8 Å². The fourth-order valence-electron chi connectivity index (χ4n) is 8.47. The van der Waals surface area contributed by atoms with E-state index in [0.29, 0.717) is 12.0 Å². The fraction of sp³-hybridized carbons (Fsp3) is 0.738. The molecule has 0 saturated carbocycles. The topological polar surface area (TPSA) is 189 Å². The van der Waals surface area contributed by atoms with Gasteiger partial charge in [0.25, 0.3) is 0 Å². The quantitative estimate of drug-likeness (QED) is 0.127. The summed E-state index contributed by atoms with van der Waals surface area (Å²) in [5.74, 6) is 1.31. The number of carbonyl (C=O) groups excluding carboxylic acids is 4. The number of rotatable bonds is 24. The van der Waals surface area contributed by atoms with Crippen LogP contribution < -0.4 is 5.90 Å². The zero-order valence-electron chi connectivity index (χ0n) is 35.8. The molecule has 0 unspecified atom stereocenters. The number of hydrogen-bond acceptors (Lipinski definition) is 11. The van der Waals surface area contributed by atoms with Gasteiger partial charge in [0.2, 0.25) is 11.8 Å². The summed E-state index contributed by atoms with van der Waals surface area (Å²) in [5, 5.41) is 19.6. The lowest BCUT2D eigenvalue weighted by molar-refractivity contribution is -0.149. The standard InChI is InChI=1S/C42H70N4O10/c1-13-26(6)39(45(10)41(51)32(24(2)3)21-35(49)38(25(4)5)44(8)9)36(54-11)22-37(50)46-23-31(56-43)20-33(46)40(55-12)27(7)34(48)19-29(42(52)53)18-28-14-16-30(47)17-15-28/h14-17,24-27,29,31-33,36,38-40,47H,13,18-23,43H2,1-12H3,(H,52,53)/t26-,27-,29+,31+,32-,33-,36+,38-,39-,40+/m0/s1. The maximum atomic E-state index is 14.4. The third-order valence-corrected chi connectivity index (χ3v) is 11.8. The molecule has 1 aromatic rings. The second kappa shape index (κ2) is 22.5. The number of benzene rings is 1. The van der Waals surface area contributed by atoms with E-state index in [9.17, 15) is 34.2 Å². The van der Waals surface area contributed by atoms with Crippen LogP contribution in [-0.4, -0.2) is 133 Å². The number of carbonyl (C=O) groups is 5. The van der Waals surface area contributed by atoms with Gasteiger partial charge in [0, 0.05) is 58.9 Å². The highest BCUT2D eigenvalue weighted by Gasteiger charge is 2.46. The first-order valence-electron chi connectivity index (χ1n) is 19.9. The van der Waals surface area contributed by atoms with Gasteiger partial charge in [-0.05, 0) is 56.0 Å². The third kappa shape index (κ3) is 12.8. The average Bonchev–Trinajstić information content (AvgIpc) is 3.57. The first kappa shape index (κ1) is 48.7. The molecule has 2 rings (SSSR count). The van der Waals surface area contributed by atoms with Crippen LogP contribution in [0.15, 0.2) is 24.3 Å². The third-order valence-electron chi connectivity index (χ3n) is 11.8. The molecule has 0 aromatic heterocycles. The Kier molecular flexibility index (Phi) is 19.6. The number of phenolic OH excluding ortho intramolecular Hbond substituents is 1. The number of ether oxygens (including phenoxy) is 2. The number of aliphatic carboxylic acids is 1. The number of Topliss-reactive ketones (excluding diaryl/α,β-unsaturated/α-hetero) is 2. The number of likely N-dealkylation sites (tertiary alicyclic amines) is 1. The highest BCUT2D eigenvalue weighted by atomic mass is 16.6. The minimum Gasteiger partial charge on any atom is -0.508 e. The predicted octanol–water partition coefficient (Wildman–Crippen LogP) is 4.20. The molecule has 1 aliphatic rings. The van der Waals surface area contributed by atoms with Gasteiger partial charge in [-0.3, -0.25) is 33.7 Å². The zero-order valence-corrected chi connectivity index (χ0v) is 35.8. The summed E-state index contributed by atoms with van der Waals surface area (Å²) in [7, 11) is 8.43. The minimum absolute atomic E-state index is 0.0111. The molecule has 4 N–H and O–H groups in total. The molecule has 14 nitrogen and oxygen atoms in total. The lowest BCUT2D eigenvalue weighted by Gasteiger charge is -2.41. The average molecular weight is 791 g/mol. The van der Waals surface area contributed by atoms with Crippen molar-refractivity contribution in [3.05, 3.63) is 29.8 Å². The van der Waals surface area contributed by atoms with Crippen LogP contribution in [0.5, 0.6) is 5.75 Å². The fourth-order valence-corrected chi connectivity index (χ4v) is 8.47. The number of likely N-dealkylation sites (N-methyl/N-ethyl adjacent to an activating group) is 2. The molecule has 0 spiro atoms. The van der Waals surface area contributed by atoms with Crippen molar-refractivity contribution in [1.29, 1.82) is 0 Å². The minimum atomic E-state index is -1.12. The molecule has 14 heteroatoms. The summed E-state index contributed by atoms with van der Waals surface area (Å²) in [6, 6.07) is 4.73. The first-order valence-corrected chi connectivity index (χ1v) is 19.9. The molecule has 0 radical (unpaired) electrons. The summed E-state index contributed by atoms with van der Waals surface area (Å²) in [6.07, 6.45) is -1.23. The van der Waals surface area contributed by atoms with Gasteiger partial charge in [-0.25, -0.2) is 5.90 Å². The number of nitrogens with two attached hydrogens (primary N) is 1. The zero-order chi connectivity index (χ0) is 42.6. The van der Waals surface area contributed by atoms with Crippen molar-refractivity contribution in [1.82, 2.24) is 14.7 Å². The highest BCUT2D eigenvalue weighted by molar-refractivity contribution is 5.90. The van der Waals surface area contributed by atoms with Gasteiger partial charge in [-0.15, -0.1) is 0 Å². The number of carboxylic acids is 1. The van der Waals surface area contributed by atoms with Crippen molar-refractivity contribution in [2.75, 3.05) is 41.9 Å². The Labute approximate surface area is 334 Å². The molecular weight excluding hydrogens is 720 g/mol. The number of nitrogens with zero attached hydrogens (tertiary/aromatic N) is 3. The highest BCUT2D eigenvalue weighted by Crippen LogP contribution is 2.32. The lowest BCUT2D eigenvalue weighted by Crippen LogP contribution is -2.54. The number of carboxylic acid groups (broad SMARTS) is 1. The van der Waals surface area contributed by atoms with E-state index in [1.807, 2.05) is 60.5 Å². The van der Waals surface area contributed by atoms with Crippen LogP contribution in [0.4, 0.5) is 0 Å². The second-order valence-electron chi connectivity index (χ2n) is 16.6. The maximum absolute atomic E-state index is 14.4. The molecule has 10 atom stereocenters. The molecule has 1 fully saturated rings. The Hall–Kier alpha value is -3.43. The largest absolute Gasteiger partial charge is 0.508 e. The van der Waals surface area contributed by atoms with Crippen LogP contribution >= 0.6 is 0 Å². The number of amides is 2. The Morgan fingerprint density at radius 3 is 1.96 bits per heavy atom. The first-order chi connectivity index (χ1) is 26.2. The van der Waals surface area contributed by atoms with Gasteiger partial charge in [0.1, 0.15) is 11.5 Å². The lowest BCUT2D eigenvalue weighted by atomic mass is 9.83. The molecule has 1 aliphatic heterocycles. The van der Waals surface area contributed by atoms with E-state index in [1.54, 1.807) is 35.9 Å². The Morgan fingerprint density at radius 1 is 0.893 bits per heavy atom. The summed E-state index contributed by atoms with van der Waals surface area (Å²) in [5.41, 5.74) is 0.669. The molecule has 2 amide bonds. The van der Waals surface area contributed by atoms with Crippen LogP contribution in [0.25, 0.3) is 0 Å². The van der Waals surface area contributed by atoms with Crippen molar-refractivity contribution in [2.24, 2.45) is 41.4 Å². The number of methoxy groups -OCH3 is 2. The van der Waals surface area contributed by atoms with Crippen molar-refractivity contribution in [3.63, 3.8) is 0 Å². The summed E-state index contributed by atoms with van der Waals surface area (Å²) >= 11 is 0. The molecule has 1 heterocycles. The summed E-state index contributed by atoms with van der Waals surface area (Å²) in [4.78, 5) is 78.5.